The first kappa shape index (κ1) is 24.8. The topological polar surface area (TPSA) is 101 Å². The van der Waals surface area contributed by atoms with Crippen molar-refractivity contribution in [3.8, 4) is 16.9 Å². The average molecular weight is 509 g/mol. The Morgan fingerprint density at radius 2 is 2.08 bits per heavy atom. The number of hydrogen-bond acceptors (Lipinski definition) is 6. The number of fused-ring (bicyclic) bond motifs is 1. The van der Waals surface area contributed by atoms with Crippen LogP contribution in [0.2, 0.25) is 0 Å². The number of aromatic amines is 1. The number of carbonyl (C=O) groups is 1. The Balaban J connectivity index is 1.38. The minimum atomic E-state index is -0.382. The highest BCUT2D eigenvalue weighted by Gasteiger charge is 2.26. The second-order valence-corrected chi connectivity index (χ2v) is 9.03. The number of aryl methyl sites for hydroxylation is 1. The highest BCUT2D eigenvalue weighted by atomic mass is 19.1. The summed E-state index contributed by atoms with van der Waals surface area (Å²) in [5, 5.41) is 15.0. The number of halogens is 1. The lowest BCUT2D eigenvalue weighted by molar-refractivity contribution is -0.521. The van der Waals surface area contributed by atoms with Crippen LogP contribution in [0.5, 0.6) is 5.75 Å². The van der Waals surface area contributed by atoms with Gasteiger partial charge >= 0.3 is 5.65 Å². The van der Waals surface area contributed by atoms with Crippen molar-refractivity contribution < 1.29 is 23.1 Å². The van der Waals surface area contributed by atoms with Gasteiger partial charge in [0.05, 0.1) is 32.6 Å². The quantitative estimate of drug-likeness (QED) is 0.352. The molecule has 11 heteroatoms. The summed E-state index contributed by atoms with van der Waals surface area (Å²) in [6.07, 6.45) is 2.42. The number of benzene rings is 1. The van der Waals surface area contributed by atoms with Crippen LogP contribution in [0, 0.1) is 12.7 Å². The van der Waals surface area contributed by atoms with Gasteiger partial charge in [-0.2, -0.15) is 9.50 Å². The van der Waals surface area contributed by atoms with E-state index >= 15 is 0 Å². The molecule has 10 nitrogen and oxygen atoms in total. The predicted molar refractivity (Wildman–Crippen MR) is 134 cm³/mol. The molecule has 1 amide bonds. The van der Waals surface area contributed by atoms with E-state index in [9.17, 15) is 9.18 Å². The fourth-order valence-electron chi connectivity index (χ4n) is 4.58. The molecule has 2 N–H and O–H groups in total. The number of rotatable bonds is 8. The third kappa shape index (κ3) is 5.05. The van der Waals surface area contributed by atoms with Crippen molar-refractivity contribution >= 4 is 11.6 Å². The van der Waals surface area contributed by atoms with E-state index in [0.29, 0.717) is 50.7 Å². The van der Waals surface area contributed by atoms with Crippen LogP contribution in [0.3, 0.4) is 0 Å². The smallest absolute Gasteiger partial charge is 0.306 e. The third-order valence-corrected chi connectivity index (χ3v) is 6.68. The number of nitrogens with one attached hydrogen (secondary N) is 2. The monoisotopic (exact) mass is 508 g/mol. The summed E-state index contributed by atoms with van der Waals surface area (Å²) in [4.78, 5) is 14.9. The Morgan fingerprint density at radius 3 is 2.86 bits per heavy atom. The van der Waals surface area contributed by atoms with Crippen LogP contribution in [0.4, 0.5) is 4.39 Å². The molecule has 5 rings (SSSR count). The number of amides is 1. The van der Waals surface area contributed by atoms with Crippen LogP contribution >= 0.6 is 0 Å². The third-order valence-electron chi connectivity index (χ3n) is 6.68. The Bertz CT molecular complexity index is 1430. The van der Waals surface area contributed by atoms with Crippen LogP contribution in [-0.2, 0) is 24.8 Å². The molecule has 1 aromatic carbocycles. The van der Waals surface area contributed by atoms with E-state index in [4.69, 9.17) is 9.47 Å². The highest BCUT2D eigenvalue weighted by Crippen LogP contribution is 2.31. The van der Waals surface area contributed by atoms with E-state index in [2.05, 4.69) is 20.6 Å². The Kier molecular flexibility index (Phi) is 7.15. The molecule has 4 heterocycles. The van der Waals surface area contributed by atoms with Gasteiger partial charge in [-0.1, -0.05) is 0 Å². The molecule has 1 saturated heterocycles. The number of aromatic nitrogens is 5. The standard InChI is InChI=1S/C26H30FN7O3/c1-17-20(25(31-32(17)3)26(35)33-9-12-36-13-10-33)8-11-37-22-14-19(27)5-6-21(22)18-4-7-23-29-30-24(15-28-2)34(23)16-18/h4-7,14,16,28H,8-13,15H2,1-3H3/p+1. The summed E-state index contributed by atoms with van der Waals surface area (Å²) in [5.74, 6) is 0.846. The Morgan fingerprint density at radius 1 is 1.27 bits per heavy atom. The minimum absolute atomic E-state index is 0.101. The SMILES string of the molecule is CNCc1[nH]nc2ccc(-c3ccc(F)cc3OCCc3c(C(=O)N4CCOCC4)nn(C)c3C)c[n+]12. The van der Waals surface area contributed by atoms with Crippen LogP contribution in [-0.4, -0.2) is 70.7 Å². The largest absolute Gasteiger partial charge is 0.492 e. The van der Waals surface area contributed by atoms with Crippen LogP contribution < -0.4 is 14.5 Å². The van der Waals surface area contributed by atoms with Crippen LogP contribution in [0.15, 0.2) is 36.5 Å². The normalized spacial score (nSPS) is 13.9. The van der Waals surface area contributed by atoms with Gasteiger partial charge in [-0.05, 0) is 32.2 Å². The molecule has 1 fully saturated rings. The summed E-state index contributed by atoms with van der Waals surface area (Å²) in [6.45, 7) is 4.96. The van der Waals surface area contributed by atoms with Gasteiger partial charge in [0.15, 0.2) is 5.69 Å². The van der Waals surface area contributed by atoms with E-state index in [0.717, 1.165) is 33.9 Å². The van der Waals surface area contributed by atoms with Crippen molar-refractivity contribution in [2.45, 2.75) is 19.9 Å². The van der Waals surface area contributed by atoms with Crippen LogP contribution in [0.25, 0.3) is 16.8 Å². The fraction of sp³-hybridized carbons (Fsp3) is 0.385. The van der Waals surface area contributed by atoms with E-state index in [1.165, 1.54) is 12.1 Å². The van der Waals surface area contributed by atoms with Crippen molar-refractivity contribution in [2.75, 3.05) is 40.0 Å². The molecule has 1 aliphatic heterocycles. The van der Waals surface area contributed by atoms with E-state index < -0.39 is 0 Å². The maximum Gasteiger partial charge on any atom is 0.306 e. The Labute approximate surface area is 214 Å². The van der Waals surface area contributed by atoms with Crippen molar-refractivity contribution in [3.63, 3.8) is 0 Å². The van der Waals surface area contributed by atoms with Crippen molar-refractivity contribution in [2.24, 2.45) is 7.05 Å². The zero-order valence-electron chi connectivity index (χ0n) is 21.3. The van der Waals surface area contributed by atoms with Gasteiger partial charge in [-0.3, -0.25) is 9.48 Å². The number of H-pyrrole nitrogens is 1. The molecule has 37 heavy (non-hydrogen) atoms. The van der Waals surface area contributed by atoms with E-state index in [-0.39, 0.29) is 18.3 Å². The van der Waals surface area contributed by atoms with Gasteiger partial charge in [0.2, 0.25) is 0 Å². The molecule has 0 aliphatic carbocycles. The predicted octanol–water partition coefficient (Wildman–Crippen LogP) is 1.81. The number of carbonyl (C=O) groups excluding carboxylic acids is 1. The maximum atomic E-state index is 14.2. The van der Waals surface area contributed by atoms with E-state index in [1.807, 2.05) is 43.7 Å². The van der Waals surface area contributed by atoms with Crippen molar-refractivity contribution in [1.29, 1.82) is 0 Å². The second kappa shape index (κ2) is 10.7. The van der Waals surface area contributed by atoms with Gasteiger partial charge < -0.3 is 19.7 Å². The lowest BCUT2D eigenvalue weighted by Crippen LogP contribution is -2.41. The number of nitrogens with zero attached hydrogens (tertiary/aromatic N) is 5. The van der Waals surface area contributed by atoms with Crippen LogP contribution in [0.1, 0.15) is 27.6 Å². The molecule has 0 atom stereocenters. The molecular formula is C26H31FN7O3+. The fourth-order valence-corrected chi connectivity index (χ4v) is 4.58. The molecule has 3 aromatic heterocycles. The summed E-state index contributed by atoms with van der Waals surface area (Å²) in [6, 6.07) is 8.37. The maximum absolute atomic E-state index is 14.2. The Hall–Kier alpha value is -3.83. The molecular weight excluding hydrogens is 477 g/mol. The molecule has 0 saturated carbocycles. The number of pyridine rings is 1. The van der Waals surface area contributed by atoms with Crippen molar-refractivity contribution in [3.05, 3.63) is 65.1 Å². The summed E-state index contributed by atoms with van der Waals surface area (Å²) in [5.41, 5.74) is 4.58. The highest BCUT2D eigenvalue weighted by molar-refractivity contribution is 5.94. The molecule has 1 aliphatic rings. The molecule has 194 valence electrons. The first-order valence-electron chi connectivity index (χ1n) is 12.3. The molecule has 0 bridgehead atoms. The molecule has 0 spiro atoms. The van der Waals surface area contributed by atoms with Crippen molar-refractivity contribution in [1.82, 2.24) is 30.2 Å². The van der Waals surface area contributed by atoms with Gasteiger partial charge in [0.1, 0.15) is 11.6 Å². The number of morpholine rings is 1. The van der Waals surface area contributed by atoms with Gasteiger partial charge in [-0.25, -0.2) is 4.39 Å². The second-order valence-electron chi connectivity index (χ2n) is 9.03. The molecule has 4 aromatic rings. The number of ether oxygens (including phenoxy) is 2. The first-order valence-corrected chi connectivity index (χ1v) is 12.3. The zero-order chi connectivity index (χ0) is 25.9. The van der Waals surface area contributed by atoms with Gasteiger partial charge in [0.25, 0.3) is 11.7 Å². The summed E-state index contributed by atoms with van der Waals surface area (Å²) in [7, 11) is 3.69. The summed E-state index contributed by atoms with van der Waals surface area (Å²) < 4.78 is 29.4. The minimum Gasteiger partial charge on any atom is -0.492 e. The van der Waals surface area contributed by atoms with Gasteiger partial charge in [-0.15, -0.1) is 5.10 Å². The first-order chi connectivity index (χ1) is 18.0. The van der Waals surface area contributed by atoms with Gasteiger partial charge in [0, 0.05) is 66.2 Å². The zero-order valence-corrected chi connectivity index (χ0v) is 21.3. The van der Waals surface area contributed by atoms with E-state index in [1.54, 1.807) is 15.6 Å². The summed E-state index contributed by atoms with van der Waals surface area (Å²) >= 11 is 0. The lowest BCUT2D eigenvalue weighted by Gasteiger charge is -2.26. The molecule has 0 unspecified atom stereocenters. The molecule has 0 radical (unpaired) electrons. The average Bonchev–Trinajstić information content (AvgIpc) is 3.44. The number of hydrogen-bond donors (Lipinski definition) is 2. The lowest BCUT2D eigenvalue weighted by atomic mass is 10.1.